The van der Waals surface area contributed by atoms with Crippen molar-refractivity contribution >= 4 is 31.9 Å². The van der Waals surface area contributed by atoms with Gasteiger partial charge in [0.05, 0.1) is 5.56 Å². The number of rotatable bonds is 1. The van der Waals surface area contributed by atoms with E-state index in [1.807, 2.05) is 0 Å². The number of aryl methyl sites for hydroxylation is 1. The van der Waals surface area contributed by atoms with Gasteiger partial charge in [-0.15, -0.1) is 0 Å². The summed E-state index contributed by atoms with van der Waals surface area (Å²) in [6.07, 6.45) is -4.28. The fourth-order valence-electron chi connectivity index (χ4n) is 1.10. The third kappa shape index (κ3) is 2.51. The van der Waals surface area contributed by atoms with Gasteiger partial charge in [0.1, 0.15) is 0 Å². The summed E-state index contributed by atoms with van der Waals surface area (Å²) in [6.45, 7) is 1.64. The van der Waals surface area contributed by atoms with Crippen molar-refractivity contribution in [1.82, 2.24) is 0 Å². The highest BCUT2D eigenvalue weighted by Gasteiger charge is 2.33. The van der Waals surface area contributed by atoms with Crippen LogP contribution in [0.5, 0.6) is 0 Å². The molecule has 0 bridgehead atoms. The van der Waals surface area contributed by atoms with E-state index in [9.17, 15) is 13.2 Å². The minimum atomic E-state index is -4.28. The summed E-state index contributed by atoms with van der Waals surface area (Å²) in [7, 11) is 0. The molecule has 0 spiro atoms. The lowest BCUT2D eigenvalue weighted by atomic mass is 10.1. The standard InChI is InChI=1S/C9H7Br2F3/c1-5-2-7(9(12,13)14)6(4-10)3-8(5)11/h2-3H,4H2,1H3. The molecule has 0 atom stereocenters. The third-order valence-electron chi connectivity index (χ3n) is 1.83. The predicted octanol–water partition coefficient (Wildman–Crippen LogP) is 4.67. The Labute approximate surface area is 96.8 Å². The molecule has 0 saturated carbocycles. The quantitative estimate of drug-likeness (QED) is 0.656. The van der Waals surface area contributed by atoms with Gasteiger partial charge in [-0.05, 0) is 30.2 Å². The summed E-state index contributed by atoms with van der Waals surface area (Å²) in [5.41, 5.74) is 0.257. The van der Waals surface area contributed by atoms with Crippen molar-refractivity contribution in [2.24, 2.45) is 0 Å². The average Bonchev–Trinajstić information content (AvgIpc) is 2.07. The molecule has 0 heterocycles. The first-order valence-corrected chi connectivity index (χ1v) is 5.70. The summed E-state index contributed by atoms with van der Waals surface area (Å²) in [6, 6.07) is 2.65. The van der Waals surface area contributed by atoms with Crippen LogP contribution in [-0.2, 0) is 11.5 Å². The van der Waals surface area contributed by atoms with Crippen LogP contribution in [-0.4, -0.2) is 0 Å². The largest absolute Gasteiger partial charge is 0.416 e. The molecule has 0 radical (unpaired) electrons. The van der Waals surface area contributed by atoms with Gasteiger partial charge in [0.2, 0.25) is 0 Å². The SMILES string of the molecule is Cc1cc(C(F)(F)F)c(CBr)cc1Br. The maximum absolute atomic E-state index is 12.5. The second-order valence-electron chi connectivity index (χ2n) is 2.89. The van der Waals surface area contributed by atoms with Crippen molar-refractivity contribution in [1.29, 1.82) is 0 Å². The Kier molecular flexibility index (Phi) is 3.63. The van der Waals surface area contributed by atoms with E-state index in [1.54, 1.807) is 6.92 Å². The first-order valence-electron chi connectivity index (χ1n) is 3.78. The molecule has 1 rings (SSSR count). The van der Waals surface area contributed by atoms with Crippen LogP contribution in [0, 0.1) is 6.92 Å². The maximum Gasteiger partial charge on any atom is 0.416 e. The van der Waals surface area contributed by atoms with Gasteiger partial charge >= 0.3 is 6.18 Å². The molecule has 5 heteroatoms. The first-order chi connectivity index (χ1) is 6.36. The van der Waals surface area contributed by atoms with Crippen LogP contribution in [0.3, 0.4) is 0 Å². The van der Waals surface area contributed by atoms with E-state index in [-0.39, 0.29) is 10.9 Å². The molecular formula is C9H7Br2F3. The number of alkyl halides is 4. The van der Waals surface area contributed by atoms with E-state index in [4.69, 9.17) is 0 Å². The first kappa shape index (κ1) is 12.0. The zero-order chi connectivity index (χ0) is 10.9. The summed E-state index contributed by atoms with van der Waals surface area (Å²) in [5, 5.41) is 0.195. The molecule has 0 aromatic heterocycles. The van der Waals surface area contributed by atoms with Crippen LogP contribution in [0.4, 0.5) is 13.2 Å². The molecule has 1 aromatic rings. The summed E-state index contributed by atoms with van der Waals surface area (Å²) >= 11 is 6.24. The second kappa shape index (κ2) is 4.23. The highest BCUT2D eigenvalue weighted by atomic mass is 79.9. The third-order valence-corrected chi connectivity index (χ3v) is 3.29. The van der Waals surface area contributed by atoms with Crippen molar-refractivity contribution in [3.63, 3.8) is 0 Å². The molecule has 0 fully saturated rings. The van der Waals surface area contributed by atoms with Crippen LogP contribution in [0.15, 0.2) is 16.6 Å². The zero-order valence-corrected chi connectivity index (χ0v) is 10.4. The number of halogens is 5. The zero-order valence-electron chi connectivity index (χ0n) is 7.25. The lowest BCUT2D eigenvalue weighted by Crippen LogP contribution is -2.09. The van der Waals surface area contributed by atoms with E-state index < -0.39 is 11.7 Å². The Balaban J connectivity index is 3.35. The molecule has 0 amide bonds. The van der Waals surface area contributed by atoms with Crippen LogP contribution in [0.1, 0.15) is 16.7 Å². The van der Waals surface area contributed by atoms with E-state index in [2.05, 4.69) is 31.9 Å². The Bertz CT molecular complexity index is 345. The Hall–Kier alpha value is -0.0300. The normalized spacial score (nSPS) is 11.9. The van der Waals surface area contributed by atoms with E-state index in [0.717, 1.165) is 6.07 Å². The Morgan fingerprint density at radius 3 is 2.29 bits per heavy atom. The van der Waals surface area contributed by atoms with Gasteiger partial charge in [-0.25, -0.2) is 0 Å². The van der Waals surface area contributed by atoms with Crippen molar-refractivity contribution in [2.75, 3.05) is 0 Å². The molecule has 0 aliphatic carbocycles. The van der Waals surface area contributed by atoms with Crippen LogP contribution in [0.25, 0.3) is 0 Å². The minimum Gasteiger partial charge on any atom is -0.166 e. The molecule has 0 aliphatic rings. The van der Waals surface area contributed by atoms with Gasteiger partial charge in [0, 0.05) is 9.80 Å². The molecular weight excluding hydrogens is 325 g/mol. The smallest absolute Gasteiger partial charge is 0.166 e. The van der Waals surface area contributed by atoms with Crippen molar-refractivity contribution < 1.29 is 13.2 Å². The lowest BCUT2D eigenvalue weighted by Gasteiger charge is -2.13. The van der Waals surface area contributed by atoms with Gasteiger partial charge < -0.3 is 0 Å². The van der Waals surface area contributed by atoms with Gasteiger partial charge in [-0.2, -0.15) is 13.2 Å². The second-order valence-corrected chi connectivity index (χ2v) is 4.31. The fourth-order valence-corrected chi connectivity index (χ4v) is 1.95. The van der Waals surface area contributed by atoms with Crippen molar-refractivity contribution in [2.45, 2.75) is 18.4 Å². The number of benzene rings is 1. The highest BCUT2D eigenvalue weighted by Crippen LogP contribution is 2.35. The monoisotopic (exact) mass is 330 g/mol. The topological polar surface area (TPSA) is 0 Å². The lowest BCUT2D eigenvalue weighted by molar-refractivity contribution is -0.138. The van der Waals surface area contributed by atoms with Crippen molar-refractivity contribution in [3.05, 3.63) is 33.3 Å². The fraction of sp³-hybridized carbons (Fsp3) is 0.333. The molecule has 0 aliphatic heterocycles. The Morgan fingerprint density at radius 2 is 1.86 bits per heavy atom. The maximum atomic E-state index is 12.5. The van der Waals surface area contributed by atoms with Crippen LogP contribution >= 0.6 is 31.9 Å². The van der Waals surface area contributed by atoms with E-state index in [0.29, 0.717) is 10.0 Å². The number of hydrogen-bond acceptors (Lipinski definition) is 0. The Morgan fingerprint density at radius 1 is 1.29 bits per heavy atom. The molecule has 0 unspecified atom stereocenters. The molecule has 78 valence electrons. The van der Waals surface area contributed by atoms with Crippen molar-refractivity contribution in [3.8, 4) is 0 Å². The molecule has 0 saturated heterocycles. The molecule has 14 heavy (non-hydrogen) atoms. The van der Waals surface area contributed by atoms with E-state index in [1.165, 1.54) is 6.07 Å². The highest BCUT2D eigenvalue weighted by molar-refractivity contribution is 9.10. The van der Waals surface area contributed by atoms with Gasteiger partial charge in [0.15, 0.2) is 0 Å². The molecule has 0 nitrogen and oxygen atoms in total. The average molecular weight is 332 g/mol. The van der Waals surface area contributed by atoms with Gasteiger partial charge in [-0.1, -0.05) is 31.9 Å². The summed E-state index contributed by atoms with van der Waals surface area (Å²) in [5.74, 6) is 0. The summed E-state index contributed by atoms with van der Waals surface area (Å²) < 4.78 is 38.2. The van der Waals surface area contributed by atoms with Crippen LogP contribution < -0.4 is 0 Å². The minimum absolute atomic E-state index is 0.195. The number of hydrogen-bond donors (Lipinski definition) is 0. The van der Waals surface area contributed by atoms with Gasteiger partial charge in [0.25, 0.3) is 0 Å². The van der Waals surface area contributed by atoms with E-state index >= 15 is 0 Å². The predicted molar refractivity (Wildman–Crippen MR) is 56.5 cm³/mol. The van der Waals surface area contributed by atoms with Crippen LogP contribution in [0.2, 0.25) is 0 Å². The molecule has 1 aromatic carbocycles. The van der Waals surface area contributed by atoms with Gasteiger partial charge in [-0.3, -0.25) is 0 Å². The molecule has 0 N–H and O–H groups in total. The summed E-state index contributed by atoms with van der Waals surface area (Å²) in [4.78, 5) is 0.